The van der Waals surface area contributed by atoms with Crippen molar-refractivity contribution in [2.24, 2.45) is 0 Å². The molecule has 2 aromatic heterocycles. The summed E-state index contributed by atoms with van der Waals surface area (Å²) in [7, 11) is 0. The van der Waals surface area contributed by atoms with Gasteiger partial charge in [-0.1, -0.05) is 140 Å². The minimum atomic E-state index is 0.616. The molecule has 56 heavy (non-hydrogen) atoms. The van der Waals surface area contributed by atoms with E-state index < -0.39 is 0 Å². The first-order valence-electron chi connectivity index (χ1n) is 18.7. The van der Waals surface area contributed by atoms with Crippen LogP contribution in [0, 0.1) is 5.41 Å². The Kier molecular flexibility index (Phi) is 9.38. The number of fused-ring (bicyclic) bond motifs is 3. The predicted octanol–water partition coefficient (Wildman–Crippen LogP) is 12.9. The van der Waals surface area contributed by atoms with Crippen LogP contribution < -0.4 is 5.32 Å². The van der Waals surface area contributed by atoms with Crippen molar-refractivity contribution in [3.8, 4) is 50.6 Å². The zero-order valence-corrected chi connectivity index (χ0v) is 30.5. The molecule has 0 aliphatic rings. The van der Waals surface area contributed by atoms with E-state index in [1.54, 1.807) is 0 Å². The van der Waals surface area contributed by atoms with Crippen LogP contribution in [-0.2, 0) is 0 Å². The molecule has 5 nitrogen and oxygen atoms in total. The van der Waals surface area contributed by atoms with Crippen molar-refractivity contribution in [3.05, 3.63) is 212 Å². The minimum Gasteiger partial charge on any atom is -0.361 e. The van der Waals surface area contributed by atoms with Crippen LogP contribution in [0.4, 0.5) is 5.69 Å². The third-order valence-electron chi connectivity index (χ3n) is 10.0. The van der Waals surface area contributed by atoms with Crippen molar-refractivity contribution in [2.75, 3.05) is 5.32 Å². The zero-order chi connectivity index (χ0) is 37.7. The third kappa shape index (κ3) is 6.81. The fraction of sp³-hybridized carbons (Fsp3) is 0. The molecular weight excluding hydrogens is 683 g/mol. The fourth-order valence-corrected chi connectivity index (χ4v) is 7.28. The highest BCUT2D eigenvalue weighted by molar-refractivity contribution is 6.11. The first-order valence-corrected chi connectivity index (χ1v) is 18.7. The molecule has 266 valence electrons. The molecule has 0 unspecified atom stereocenters. The van der Waals surface area contributed by atoms with Crippen molar-refractivity contribution in [1.29, 1.82) is 5.41 Å². The van der Waals surface area contributed by atoms with Crippen LogP contribution in [0.15, 0.2) is 206 Å². The Hall–Kier alpha value is -7.63. The summed E-state index contributed by atoms with van der Waals surface area (Å²) >= 11 is 0. The van der Waals surface area contributed by atoms with Crippen molar-refractivity contribution < 1.29 is 0 Å². The van der Waals surface area contributed by atoms with Gasteiger partial charge in [-0.25, -0.2) is 9.97 Å². The van der Waals surface area contributed by atoms with E-state index in [1.165, 1.54) is 28.0 Å². The lowest BCUT2D eigenvalue weighted by molar-refractivity contribution is 1.16. The number of nitrogens with one attached hydrogen (secondary N) is 2. The van der Waals surface area contributed by atoms with Crippen LogP contribution in [0.5, 0.6) is 0 Å². The summed E-state index contributed by atoms with van der Waals surface area (Å²) < 4.78 is 2.34. The monoisotopic (exact) mass is 719 g/mol. The first kappa shape index (κ1) is 34.2. The molecule has 0 radical (unpaired) electrons. The molecule has 9 rings (SSSR count). The third-order valence-corrected chi connectivity index (χ3v) is 10.0. The molecule has 7 aromatic carbocycles. The highest BCUT2D eigenvalue weighted by Gasteiger charge is 2.15. The summed E-state index contributed by atoms with van der Waals surface area (Å²) in [6.07, 6.45) is 7.08. The second-order valence-corrected chi connectivity index (χ2v) is 13.5. The number of aromatic nitrogens is 3. The molecule has 0 aliphatic carbocycles. The Morgan fingerprint density at radius 1 is 0.518 bits per heavy atom. The van der Waals surface area contributed by atoms with Gasteiger partial charge < -0.3 is 15.3 Å². The van der Waals surface area contributed by atoms with Crippen LogP contribution in [-0.4, -0.2) is 20.7 Å². The Balaban J connectivity index is 1.05. The minimum absolute atomic E-state index is 0.616. The van der Waals surface area contributed by atoms with Gasteiger partial charge in [-0.05, 0) is 77.4 Å². The average molecular weight is 720 g/mol. The molecule has 9 aromatic rings. The Morgan fingerprint density at radius 2 is 1.12 bits per heavy atom. The van der Waals surface area contributed by atoms with E-state index in [-0.39, 0.29) is 0 Å². The van der Waals surface area contributed by atoms with Crippen LogP contribution >= 0.6 is 0 Å². The van der Waals surface area contributed by atoms with Crippen LogP contribution in [0.3, 0.4) is 0 Å². The van der Waals surface area contributed by atoms with Gasteiger partial charge in [0.1, 0.15) is 0 Å². The zero-order valence-electron chi connectivity index (χ0n) is 30.5. The number of hydrogen-bond donors (Lipinski definition) is 2. The maximum absolute atomic E-state index is 8.33. The van der Waals surface area contributed by atoms with Gasteiger partial charge in [0, 0.05) is 56.8 Å². The average Bonchev–Trinajstić information content (AvgIpc) is 3.61. The standard InChI is InChI=1S/C51H37N5/c52-35-41(48-34-47(37-18-7-2-8-19-37)54-51(55-48)38-20-9-3-10-21-38)22-15-31-53-46-29-27-39(32-44(46)36-16-5-1-6-17-36)40-28-30-50-45(33-40)43-25-13-14-26-49(43)56(50)42-23-11-4-12-24-42/h1-35,52-53H/b31-15+,41-22+,52-35?. The molecule has 0 fully saturated rings. The number of nitrogens with zero attached hydrogens (tertiary/aromatic N) is 3. The van der Waals surface area contributed by atoms with Gasteiger partial charge in [-0.2, -0.15) is 0 Å². The SMILES string of the molecule is N=C/C(=C\C=C\Nc1ccc(-c2ccc3c(c2)c2ccccc2n3-c2ccccc2)cc1-c1ccccc1)c1cc(-c2ccccc2)nc(-c2ccccc2)n1. The van der Waals surface area contributed by atoms with E-state index in [1.807, 2.05) is 91.1 Å². The van der Waals surface area contributed by atoms with E-state index >= 15 is 0 Å². The maximum atomic E-state index is 8.33. The molecule has 2 heterocycles. The maximum Gasteiger partial charge on any atom is 0.160 e. The lowest BCUT2D eigenvalue weighted by Gasteiger charge is -2.13. The van der Waals surface area contributed by atoms with Crippen LogP contribution in [0.1, 0.15) is 5.69 Å². The Bertz CT molecular complexity index is 2820. The summed E-state index contributed by atoms with van der Waals surface area (Å²) in [6.45, 7) is 0. The summed E-state index contributed by atoms with van der Waals surface area (Å²) in [4.78, 5) is 9.79. The normalized spacial score (nSPS) is 11.7. The molecule has 0 amide bonds. The highest BCUT2D eigenvalue weighted by atomic mass is 15.0. The van der Waals surface area contributed by atoms with Crippen molar-refractivity contribution in [1.82, 2.24) is 14.5 Å². The van der Waals surface area contributed by atoms with Crippen LogP contribution in [0.2, 0.25) is 0 Å². The van der Waals surface area contributed by atoms with Crippen LogP contribution in [0.25, 0.3) is 78.0 Å². The van der Waals surface area contributed by atoms with E-state index in [9.17, 15) is 0 Å². The summed E-state index contributed by atoms with van der Waals surface area (Å²) in [5, 5.41) is 14.3. The second-order valence-electron chi connectivity index (χ2n) is 13.5. The first-order chi connectivity index (χ1) is 27.7. The van der Waals surface area contributed by atoms with Gasteiger partial charge in [0.15, 0.2) is 5.82 Å². The molecule has 0 atom stereocenters. The molecule has 0 saturated heterocycles. The largest absolute Gasteiger partial charge is 0.361 e. The van der Waals surface area contributed by atoms with Gasteiger partial charge in [0.2, 0.25) is 0 Å². The molecule has 0 bridgehead atoms. The van der Waals surface area contributed by atoms with E-state index in [4.69, 9.17) is 15.4 Å². The molecule has 2 N–H and O–H groups in total. The summed E-state index contributed by atoms with van der Waals surface area (Å²) in [5.74, 6) is 0.616. The number of allylic oxidation sites excluding steroid dienone is 3. The molecule has 0 aliphatic heterocycles. The lowest BCUT2D eigenvalue weighted by Crippen LogP contribution is -1.99. The second kappa shape index (κ2) is 15.4. The molecule has 0 spiro atoms. The van der Waals surface area contributed by atoms with Gasteiger partial charge >= 0.3 is 0 Å². The number of benzene rings is 7. The Morgan fingerprint density at radius 3 is 1.86 bits per heavy atom. The summed E-state index contributed by atoms with van der Waals surface area (Å²) in [6, 6.07) is 65.0. The van der Waals surface area contributed by atoms with Crippen molar-refractivity contribution in [2.45, 2.75) is 0 Å². The van der Waals surface area contributed by atoms with Gasteiger partial charge in [0.25, 0.3) is 0 Å². The smallest absolute Gasteiger partial charge is 0.160 e. The fourth-order valence-electron chi connectivity index (χ4n) is 7.28. The van der Waals surface area contributed by atoms with E-state index in [0.29, 0.717) is 17.1 Å². The highest BCUT2D eigenvalue weighted by Crippen LogP contribution is 2.37. The predicted molar refractivity (Wildman–Crippen MR) is 234 cm³/mol. The molecule has 0 saturated carbocycles. The number of anilines is 1. The van der Waals surface area contributed by atoms with E-state index in [0.717, 1.165) is 50.4 Å². The van der Waals surface area contributed by atoms with Crippen molar-refractivity contribution >= 4 is 39.3 Å². The van der Waals surface area contributed by atoms with Gasteiger partial charge in [-0.15, -0.1) is 0 Å². The van der Waals surface area contributed by atoms with Crippen molar-refractivity contribution in [3.63, 3.8) is 0 Å². The van der Waals surface area contributed by atoms with Gasteiger partial charge in [0.05, 0.1) is 22.4 Å². The topological polar surface area (TPSA) is 66.6 Å². The molecule has 5 heteroatoms. The van der Waals surface area contributed by atoms with E-state index in [2.05, 4.69) is 125 Å². The Labute approximate surface area is 326 Å². The molecular formula is C51H37N5. The number of para-hydroxylation sites is 2. The quantitative estimate of drug-likeness (QED) is 0.109. The summed E-state index contributed by atoms with van der Waals surface area (Å²) in [5.41, 5.74) is 13.0. The number of hydrogen-bond acceptors (Lipinski definition) is 4. The number of rotatable bonds is 10. The van der Waals surface area contributed by atoms with Gasteiger partial charge in [-0.3, -0.25) is 0 Å². The lowest BCUT2D eigenvalue weighted by atomic mass is 9.96.